The summed E-state index contributed by atoms with van der Waals surface area (Å²) in [5, 5.41) is 11.0. The zero-order valence-corrected chi connectivity index (χ0v) is 23.7. The number of nitrogens with one attached hydrogen (secondary N) is 2. The standard InChI is InChI=1S/C26H36F3N9O4/c1-18(42-24(40)26(27,28)29)23(39)37-8-4-6-19(16-37)32-22-21(36-10-12-41-13-11-36)15-30-25(34-22)33-20-14-31-38(17-20)9-5-7-35(2)3/h14-15,17,19H,1,4-13,16H2,2-3H3,(H2,30,32,33,34)/t19-/m1/s1. The molecule has 2 N–H and O–H groups in total. The molecular formula is C26H36F3N9O4. The van der Waals surface area contributed by atoms with Gasteiger partial charge in [-0.3, -0.25) is 9.48 Å². The van der Waals surface area contributed by atoms with Gasteiger partial charge >= 0.3 is 12.1 Å². The topological polar surface area (TPSA) is 130 Å². The predicted octanol–water partition coefficient (Wildman–Crippen LogP) is 2.23. The van der Waals surface area contributed by atoms with Crippen LogP contribution in [-0.4, -0.2) is 114 Å². The van der Waals surface area contributed by atoms with E-state index in [1.165, 1.54) is 4.90 Å². The number of carbonyl (C=O) groups is 2. The number of carbonyl (C=O) groups excluding carboxylic acids is 2. The minimum absolute atomic E-state index is 0.149. The number of esters is 1. The Bertz CT molecular complexity index is 1250. The monoisotopic (exact) mass is 595 g/mol. The lowest BCUT2D eigenvalue weighted by molar-refractivity contribution is -0.196. The number of morpholine rings is 1. The summed E-state index contributed by atoms with van der Waals surface area (Å²) >= 11 is 0. The first-order valence-electron chi connectivity index (χ1n) is 13.7. The Hall–Kier alpha value is -3.92. The second-order valence-corrected chi connectivity index (χ2v) is 10.3. The summed E-state index contributed by atoms with van der Waals surface area (Å²) in [5.74, 6) is -3.35. The Balaban J connectivity index is 1.45. The van der Waals surface area contributed by atoms with Crippen LogP contribution in [-0.2, 0) is 25.6 Å². The van der Waals surface area contributed by atoms with Crippen molar-refractivity contribution < 1.29 is 32.2 Å². The van der Waals surface area contributed by atoms with Crippen molar-refractivity contribution in [2.24, 2.45) is 0 Å². The van der Waals surface area contributed by atoms with Crippen LogP contribution in [0.4, 0.5) is 36.3 Å². The molecule has 0 aromatic carbocycles. The molecule has 0 radical (unpaired) electrons. The number of nitrogens with zero attached hydrogens (tertiary/aromatic N) is 7. The molecule has 2 aromatic rings. The van der Waals surface area contributed by atoms with Crippen LogP contribution in [0.2, 0.25) is 0 Å². The molecule has 0 bridgehead atoms. The van der Waals surface area contributed by atoms with Gasteiger partial charge in [0.25, 0.3) is 5.91 Å². The molecule has 0 spiro atoms. The smallest absolute Gasteiger partial charge is 0.415 e. The van der Waals surface area contributed by atoms with Gasteiger partial charge in [-0.15, -0.1) is 0 Å². The summed E-state index contributed by atoms with van der Waals surface area (Å²) in [6.07, 6.45) is 2.26. The van der Waals surface area contributed by atoms with Gasteiger partial charge in [0.2, 0.25) is 5.95 Å². The van der Waals surface area contributed by atoms with Gasteiger partial charge in [0.05, 0.1) is 37.0 Å². The Morgan fingerprint density at radius 1 is 1.21 bits per heavy atom. The predicted molar refractivity (Wildman–Crippen MR) is 148 cm³/mol. The van der Waals surface area contributed by atoms with Gasteiger partial charge in [-0.2, -0.15) is 23.3 Å². The number of anilines is 4. The van der Waals surface area contributed by atoms with Gasteiger partial charge in [0.15, 0.2) is 11.6 Å². The number of alkyl halides is 3. The van der Waals surface area contributed by atoms with E-state index in [0.717, 1.165) is 30.9 Å². The van der Waals surface area contributed by atoms with Crippen LogP contribution in [0.15, 0.2) is 30.9 Å². The van der Waals surface area contributed by atoms with Crippen LogP contribution >= 0.6 is 0 Å². The number of hydrogen-bond acceptors (Lipinski definition) is 11. The zero-order valence-electron chi connectivity index (χ0n) is 23.7. The fraction of sp³-hybridized carbons (Fsp3) is 0.577. The molecule has 4 rings (SSSR count). The third kappa shape index (κ3) is 8.55. The first-order valence-corrected chi connectivity index (χ1v) is 13.7. The molecule has 0 unspecified atom stereocenters. The number of halogens is 3. The second kappa shape index (κ2) is 13.8. The molecule has 13 nitrogen and oxygen atoms in total. The number of ether oxygens (including phenoxy) is 2. The Kier molecular flexibility index (Phi) is 10.2. The average Bonchev–Trinajstić information content (AvgIpc) is 3.39. The number of likely N-dealkylation sites (tertiary alicyclic amines) is 1. The largest absolute Gasteiger partial charge is 0.491 e. The quantitative estimate of drug-likeness (QED) is 0.225. The fourth-order valence-electron chi connectivity index (χ4n) is 4.67. The van der Waals surface area contributed by atoms with Crippen molar-refractivity contribution in [2.75, 3.05) is 75.6 Å². The van der Waals surface area contributed by atoms with Gasteiger partial charge in [0, 0.05) is 45.0 Å². The van der Waals surface area contributed by atoms with Crippen LogP contribution < -0.4 is 15.5 Å². The highest BCUT2D eigenvalue weighted by atomic mass is 19.4. The molecule has 0 saturated carbocycles. The van der Waals surface area contributed by atoms with E-state index in [2.05, 4.69) is 41.8 Å². The number of rotatable bonds is 11. The minimum Gasteiger partial charge on any atom is -0.415 e. The fourth-order valence-corrected chi connectivity index (χ4v) is 4.67. The van der Waals surface area contributed by atoms with Crippen molar-refractivity contribution >= 4 is 35.0 Å². The van der Waals surface area contributed by atoms with Crippen LogP contribution in [0.1, 0.15) is 19.3 Å². The normalized spacial score (nSPS) is 17.7. The Morgan fingerprint density at radius 2 is 1.98 bits per heavy atom. The molecule has 4 heterocycles. The maximum atomic E-state index is 12.7. The first-order chi connectivity index (χ1) is 20.0. The highest BCUT2D eigenvalue weighted by molar-refractivity contribution is 5.94. The van der Waals surface area contributed by atoms with Crippen molar-refractivity contribution in [3.8, 4) is 0 Å². The number of hydrogen-bond donors (Lipinski definition) is 2. The number of piperidine rings is 1. The summed E-state index contributed by atoms with van der Waals surface area (Å²) in [4.78, 5) is 38.6. The molecular weight excluding hydrogens is 559 g/mol. The molecule has 16 heteroatoms. The summed E-state index contributed by atoms with van der Waals surface area (Å²) in [7, 11) is 4.04. The van der Waals surface area contributed by atoms with Crippen molar-refractivity contribution in [3.63, 3.8) is 0 Å². The average molecular weight is 596 g/mol. The van der Waals surface area contributed by atoms with E-state index < -0.39 is 23.8 Å². The molecule has 2 fully saturated rings. The molecule has 2 aliphatic rings. The van der Waals surface area contributed by atoms with E-state index in [9.17, 15) is 22.8 Å². The summed E-state index contributed by atoms with van der Waals surface area (Å²) in [6.45, 7) is 7.77. The molecule has 1 atom stereocenters. The molecule has 2 aromatic heterocycles. The minimum atomic E-state index is -5.23. The number of amides is 1. The molecule has 0 aliphatic carbocycles. The van der Waals surface area contributed by atoms with E-state index in [1.54, 1.807) is 12.4 Å². The summed E-state index contributed by atoms with van der Waals surface area (Å²) in [6, 6.07) is -0.282. The Labute approximate surface area is 241 Å². The van der Waals surface area contributed by atoms with Crippen LogP contribution in [0.25, 0.3) is 0 Å². The summed E-state index contributed by atoms with van der Waals surface area (Å²) < 4.78 is 49.2. The molecule has 42 heavy (non-hydrogen) atoms. The third-order valence-electron chi connectivity index (χ3n) is 6.74. The van der Waals surface area contributed by atoms with Crippen LogP contribution in [0.5, 0.6) is 0 Å². The molecule has 2 saturated heterocycles. The van der Waals surface area contributed by atoms with E-state index in [-0.39, 0.29) is 19.1 Å². The van der Waals surface area contributed by atoms with Gasteiger partial charge in [-0.05, 0) is 39.9 Å². The highest BCUT2D eigenvalue weighted by Crippen LogP contribution is 2.28. The van der Waals surface area contributed by atoms with Gasteiger partial charge in [0.1, 0.15) is 0 Å². The highest BCUT2D eigenvalue weighted by Gasteiger charge is 2.42. The van der Waals surface area contributed by atoms with Crippen LogP contribution in [0, 0.1) is 0 Å². The molecule has 1 amide bonds. The first kappa shape index (κ1) is 31.0. The van der Waals surface area contributed by atoms with E-state index in [4.69, 9.17) is 9.72 Å². The lowest BCUT2D eigenvalue weighted by Gasteiger charge is -2.35. The van der Waals surface area contributed by atoms with Crippen molar-refractivity contribution in [1.82, 2.24) is 29.5 Å². The van der Waals surface area contributed by atoms with Crippen molar-refractivity contribution in [3.05, 3.63) is 30.9 Å². The second-order valence-electron chi connectivity index (χ2n) is 10.3. The maximum Gasteiger partial charge on any atom is 0.491 e. The number of aromatic nitrogens is 4. The van der Waals surface area contributed by atoms with E-state index in [0.29, 0.717) is 50.9 Å². The lowest BCUT2D eigenvalue weighted by atomic mass is 10.1. The molecule has 230 valence electrons. The SMILES string of the molecule is C=C(OC(=O)C(F)(F)F)C(=O)N1CCC[C@@H](Nc2nc(Nc3cnn(CCCN(C)C)c3)ncc2N2CCOCC2)C1. The third-order valence-corrected chi connectivity index (χ3v) is 6.74. The summed E-state index contributed by atoms with van der Waals surface area (Å²) in [5.41, 5.74) is 1.49. The van der Waals surface area contributed by atoms with E-state index >= 15 is 0 Å². The Morgan fingerprint density at radius 3 is 2.69 bits per heavy atom. The maximum absolute atomic E-state index is 12.7. The van der Waals surface area contributed by atoms with E-state index in [1.807, 2.05) is 25.0 Å². The van der Waals surface area contributed by atoms with Crippen molar-refractivity contribution in [2.45, 2.75) is 38.0 Å². The lowest BCUT2D eigenvalue weighted by Crippen LogP contribution is -2.46. The zero-order chi connectivity index (χ0) is 30.3. The van der Waals surface area contributed by atoms with Crippen molar-refractivity contribution in [1.29, 1.82) is 0 Å². The van der Waals surface area contributed by atoms with Gasteiger partial charge in [-0.25, -0.2) is 9.78 Å². The van der Waals surface area contributed by atoms with Crippen LogP contribution in [0.3, 0.4) is 0 Å². The van der Waals surface area contributed by atoms with Gasteiger partial charge in [-0.1, -0.05) is 6.58 Å². The van der Waals surface area contributed by atoms with Gasteiger partial charge < -0.3 is 34.8 Å². The number of aryl methyl sites for hydroxylation is 1. The molecule has 2 aliphatic heterocycles.